The number of ether oxygens (including phenoxy) is 2. The van der Waals surface area contributed by atoms with Gasteiger partial charge < -0.3 is 9.47 Å². The number of fused-ring (bicyclic) bond motifs is 1. The highest BCUT2D eigenvalue weighted by molar-refractivity contribution is 5.97. The van der Waals surface area contributed by atoms with E-state index in [1.165, 1.54) is 0 Å². The van der Waals surface area contributed by atoms with Gasteiger partial charge in [0.05, 0.1) is 18.3 Å². The van der Waals surface area contributed by atoms with Crippen LogP contribution in [-0.4, -0.2) is 28.5 Å². The summed E-state index contributed by atoms with van der Waals surface area (Å²) < 4.78 is 12.9. The average Bonchev–Trinajstić information content (AvgIpc) is 2.87. The van der Waals surface area contributed by atoms with Gasteiger partial charge in [0.1, 0.15) is 0 Å². The highest BCUT2D eigenvalue weighted by Crippen LogP contribution is 2.37. The molecule has 0 aliphatic carbocycles. The van der Waals surface area contributed by atoms with E-state index in [1.54, 1.807) is 11.6 Å². The largest absolute Gasteiger partial charge is 0.474 e. The number of aryl methyl sites for hydroxylation is 2. The van der Waals surface area contributed by atoms with Gasteiger partial charge in [-0.1, -0.05) is 29.8 Å². The molecular formula is C17H20N2O3. The molecule has 1 aliphatic rings. The fraction of sp³-hybridized carbons (Fsp3) is 0.412. The molecule has 0 fully saturated rings. The van der Waals surface area contributed by atoms with E-state index >= 15 is 0 Å². The summed E-state index contributed by atoms with van der Waals surface area (Å²) in [5.41, 5.74) is 3.14. The molecule has 5 nitrogen and oxygen atoms in total. The molecule has 1 aliphatic heterocycles. The summed E-state index contributed by atoms with van der Waals surface area (Å²) in [6.07, 6.45) is 0.994. The number of benzene rings is 1. The Hall–Kier alpha value is -2.30. The number of rotatable bonds is 3. The Morgan fingerprint density at radius 1 is 1.41 bits per heavy atom. The first-order valence-corrected chi connectivity index (χ1v) is 7.61. The van der Waals surface area contributed by atoms with Gasteiger partial charge in [0.2, 0.25) is 5.88 Å². The van der Waals surface area contributed by atoms with Gasteiger partial charge in [-0.2, -0.15) is 5.10 Å². The first-order chi connectivity index (χ1) is 10.6. The topological polar surface area (TPSA) is 53.3 Å². The van der Waals surface area contributed by atoms with Crippen LogP contribution < -0.4 is 4.74 Å². The summed E-state index contributed by atoms with van der Waals surface area (Å²) >= 11 is 0. The molecule has 1 atom stereocenters. The molecule has 5 heteroatoms. The molecule has 2 aromatic rings. The second-order valence-corrected chi connectivity index (χ2v) is 5.56. The van der Waals surface area contributed by atoms with Gasteiger partial charge in [-0.05, 0) is 26.3 Å². The third-order valence-corrected chi connectivity index (χ3v) is 3.78. The number of aromatic nitrogens is 2. The van der Waals surface area contributed by atoms with E-state index in [2.05, 4.69) is 5.10 Å². The van der Waals surface area contributed by atoms with Crippen molar-refractivity contribution in [3.8, 4) is 17.0 Å². The number of hydrogen-bond acceptors (Lipinski definition) is 4. The molecule has 0 bridgehead atoms. The highest BCUT2D eigenvalue weighted by Gasteiger charge is 2.29. The Bertz CT molecular complexity index is 689. The molecule has 3 rings (SSSR count). The SMILES string of the molecule is CCOC(=O)c1nn2c(c1-c1ccc(C)cc1)OC(C)CC2. The molecule has 116 valence electrons. The van der Waals surface area contributed by atoms with Crippen molar-refractivity contribution in [2.24, 2.45) is 0 Å². The molecule has 1 aromatic carbocycles. The quantitative estimate of drug-likeness (QED) is 0.817. The summed E-state index contributed by atoms with van der Waals surface area (Å²) in [6.45, 7) is 6.92. The number of hydrogen-bond donors (Lipinski definition) is 0. The van der Waals surface area contributed by atoms with Crippen LogP contribution in [0.3, 0.4) is 0 Å². The standard InChI is InChI=1S/C17H20N2O3/c1-4-21-17(20)15-14(13-7-5-11(2)6-8-13)16-19(18-15)10-9-12(3)22-16/h5-8,12H,4,9-10H2,1-3H3. The molecule has 0 radical (unpaired) electrons. The lowest BCUT2D eigenvalue weighted by molar-refractivity contribution is 0.0519. The number of carbonyl (C=O) groups excluding carboxylic acids is 1. The van der Waals surface area contributed by atoms with Crippen molar-refractivity contribution in [3.63, 3.8) is 0 Å². The van der Waals surface area contributed by atoms with Crippen LogP contribution in [0.4, 0.5) is 0 Å². The first kappa shape index (κ1) is 14.6. The minimum Gasteiger partial charge on any atom is -0.474 e. The van der Waals surface area contributed by atoms with Gasteiger partial charge in [0, 0.05) is 13.0 Å². The van der Waals surface area contributed by atoms with Gasteiger partial charge in [-0.25, -0.2) is 9.48 Å². The maximum absolute atomic E-state index is 12.3. The third-order valence-electron chi connectivity index (χ3n) is 3.78. The normalized spacial score (nSPS) is 16.8. The second kappa shape index (κ2) is 5.83. The maximum Gasteiger partial charge on any atom is 0.359 e. The average molecular weight is 300 g/mol. The lowest BCUT2D eigenvalue weighted by atomic mass is 10.0. The Morgan fingerprint density at radius 3 is 2.82 bits per heavy atom. The zero-order valence-corrected chi connectivity index (χ0v) is 13.1. The van der Waals surface area contributed by atoms with Crippen molar-refractivity contribution >= 4 is 5.97 Å². The lowest BCUT2D eigenvalue weighted by Gasteiger charge is -2.22. The van der Waals surface area contributed by atoms with Gasteiger partial charge >= 0.3 is 5.97 Å². The van der Waals surface area contributed by atoms with E-state index in [-0.39, 0.29) is 6.10 Å². The van der Waals surface area contributed by atoms with E-state index in [9.17, 15) is 4.79 Å². The number of esters is 1. The number of nitrogens with zero attached hydrogens (tertiary/aromatic N) is 2. The zero-order chi connectivity index (χ0) is 15.7. The molecule has 0 saturated carbocycles. The fourth-order valence-electron chi connectivity index (χ4n) is 2.59. The molecule has 1 unspecified atom stereocenters. The van der Waals surface area contributed by atoms with Gasteiger partial charge in [0.25, 0.3) is 0 Å². The Morgan fingerprint density at radius 2 is 2.14 bits per heavy atom. The van der Waals surface area contributed by atoms with Gasteiger partial charge in [0.15, 0.2) is 5.69 Å². The summed E-state index contributed by atoms with van der Waals surface area (Å²) in [5.74, 6) is 0.252. The van der Waals surface area contributed by atoms with E-state index in [4.69, 9.17) is 9.47 Å². The summed E-state index contributed by atoms with van der Waals surface area (Å²) in [5, 5.41) is 4.42. The second-order valence-electron chi connectivity index (χ2n) is 5.56. The molecule has 0 spiro atoms. The van der Waals surface area contributed by atoms with Crippen LogP contribution in [0.15, 0.2) is 24.3 Å². The molecule has 0 saturated heterocycles. The Kier molecular flexibility index (Phi) is 3.88. The smallest absolute Gasteiger partial charge is 0.359 e. The fourth-order valence-corrected chi connectivity index (χ4v) is 2.59. The first-order valence-electron chi connectivity index (χ1n) is 7.61. The van der Waals surface area contributed by atoms with Gasteiger partial charge in [-0.15, -0.1) is 0 Å². The van der Waals surface area contributed by atoms with Crippen molar-refractivity contribution in [2.45, 2.75) is 39.8 Å². The molecule has 0 N–H and O–H groups in total. The lowest BCUT2D eigenvalue weighted by Crippen LogP contribution is -2.23. The molecule has 22 heavy (non-hydrogen) atoms. The summed E-state index contributed by atoms with van der Waals surface area (Å²) in [6, 6.07) is 8.00. The van der Waals surface area contributed by atoms with Crippen LogP contribution >= 0.6 is 0 Å². The van der Waals surface area contributed by atoms with Crippen molar-refractivity contribution in [2.75, 3.05) is 6.61 Å². The maximum atomic E-state index is 12.3. The Labute approximate surface area is 129 Å². The van der Waals surface area contributed by atoms with E-state index in [1.807, 2.05) is 38.1 Å². The van der Waals surface area contributed by atoms with Crippen LogP contribution in [0, 0.1) is 6.92 Å². The summed E-state index contributed by atoms with van der Waals surface area (Å²) in [7, 11) is 0. The van der Waals surface area contributed by atoms with Gasteiger partial charge in [-0.3, -0.25) is 0 Å². The van der Waals surface area contributed by atoms with Crippen LogP contribution in [-0.2, 0) is 11.3 Å². The highest BCUT2D eigenvalue weighted by atomic mass is 16.5. The predicted molar refractivity (Wildman–Crippen MR) is 83.1 cm³/mol. The minimum absolute atomic E-state index is 0.114. The molecule has 1 aromatic heterocycles. The zero-order valence-electron chi connectivity index (χ0n) is 13.1. The van der Waals surface area contributed by atoms with Crippen molar-refractivity contribution in [1.29, 1.82) is 0 Å². The van der Waals surface area contributed by atoms with Crippen LogP contribution in [0.2, 0.25) is 0 Å². The van der Waals surface area contributed by atoms with Crippen LogP contribution in [0.25, 0.3) is 11.1 Å². The van der Waals surface area contributed by atoms with E-state index < -0.39 is 5.97 Å². The molecular weight excluding hydrogens is 280 g/mol. The van der Waals surface area contributed by atoms with Crippen LogP contribution in [0.1, 0.15) is 36.3 Å². The third kappa shape index (κ3) is 2.58. The number of carbonyl (C=O) groups is 1. The molecule has 2 heterocycles. The van der Waals surface area contributed by atoms with Crippen molar-refractivity contribution in [3.05, 3.63) is 35.5 Å². The van der Waals surface area contributed by atoms with Crippen molar-refractivity contribution < 1.29 is 14.3 Å². The van der Waals surface area contributed by atoms with Crippen molar-refractivity contribution in [1.82, 2.24) is 9.78 Å². The van der Waals surface area contributed by atoms with E-state index in [0.717, 1.165) is 29.7 Å². The minimum atomic E-state index is -0.406. The molecule has 0 amide bonds. The monoisotopic (exact) mass is 300 g/mol. The summed E-state index contributed by atoms with van der Waals surface area (Å²) in [4.78, 5) is 12.3. The van der Waals surface area contributed by atoms with Crippen LogP contribution in [0.5, 0.6) is 5.88 Å². The Balaban J connectivity index is 2.14. The predicted octanol–water partition coefficient (Wildman–Crippen LogP) is 3.21. The van der Waals surface area contributed by atoms with E-state index in [0.29, 0.717) is 18.2 Å².